The predicted octanol–water partition coefficient (Wildman–Crippen LogP) is -0.409. The maximum absolute atomic E-state index is 12.5. The van der Waals surface area contributed by atoms with E-state index < -0.39 is 0 Å². The smallest absolute Gasteiger partial charge is 0.253 e. The van der Waals surface area contributed by atoms with E-state index in [1.54, 1.807) is 6.33 Å². The number of carbonyl (C=O) groups is 1. The number of ether oxygens (including phenoxy) is 1. The third kappa shape index (κ3) is 3.56. The highest BCUT2D eigenvalue weighted by atomic mass is 32.2. The van der Waals surface area contributed by atoms with Gasteiger partial charge in [-0.15, -0.1) is 10.2 Å². The molecule has 1 unspecified atom stereocenters. The highest BCUT2D eigenvalue weighted by molar-refractivity contribution is 7.99. The number of rotatable bonds is 3. The van der Waals surface area contributed by atoms with Crippen molar-refractivity contribution in [3.05, 3.63) is 12.2 Å². The van der Waals surface area contributed by atoms with Crippen LogP contribution >= 0.6 is 11.8 Å². The molecular weight excluding hydrogens is 290 g/mol. The summed E-state index contributed by atoms with van der Waals surface area (Å²) < 4.78 is 7.60. The molecule has 0 aliphatic carbocycles. The number of morpholine rings is 1. The van der Waals surface area contributed by atoms with Crippen LogP contribution in [0.5, 0.6) is 0 Å². The van der Waals surface area contributed by atoms with Gasteiger partial charge in [0.1, 0.15) is 18.3 Å². The first-order valence-corrected chi connectivity index (χ1v) is 8.43. The molecule has 0 aromatic carbocycles. The minimum Gasteiger partial charge on any atom is -0.366 e. The van der Waals surface area contributed by atoms with Gasteiger partial charge >= 0.3 is 0 Å². The van der Waals surface area contributed by atoms with Crippen molar-refractivity contribution in [2.24, 2.45) is 7.05 Å². The molecule has 8 heteroatoms. The maximum Gasteiger partial charge on any atom is 0.253 e. The van der Waals surface area contributed by atoms with Crippen molar-refractivity contribution in [2.75, 3.05) is 44.3 Å². The molecule has 0 spiro atoms. The standard InChI is InChI=1S/C13H21N5O2S/c1-16-10-14-15-12(16)9-17-2-5-20-11(8-17)13(19)18-3-6-21-7-4-18/h10-11H,2-9H2,1H3. The van der Waals surface area contributed by atoms with Gasteiger partial charge in [-0.1, -0.05) is 0 Å². The normalized spacial score (nSPS) is 24.2. The van der Waals surface area contributed by atoms with E-state index in [4.69, 9.17) is 4.74 Å². The molecule has 2 saturated heterocycles. The van der Waals surface area contributed by atoms with Gasteiger partial charge in [0, 0.05) is 44.7 Å². The van der Waals surface area contributed by atoms with Gasteiger partial charge in [-0.3, -0.25) is 9.69 Å². The zero-order valence-electron chi connectivity index (χ0n) is 12.3. The lowest BCUT2D eigenvalue weighted by Crippen LogP contribution is -2.52. The van der Waals surface area contributed by atoms with Gasteiger partial charge in [-0.2, -0.15) is 11.8 Å². The summed E-state index contributed by atoms with van der Waals surface area (Å²) in [6.45, 7) is 4.44. The summed E-state index contributed by atoms with van der Waals surface area (Å²) in [5.41, 5.74) is 0. The number of nitrogens with zero attached hydrogens (tertiary/aromatic N) is 5. The van der Waals surface area contributed by atoms with E-state index in [0.717, 1.165) is 37.0 Å². The molecule has 7 nitrogen and oxygen atoms in total. The van der Waals surface area contributed by atoms with Gasteiger partial charge in [0.05, 0.1) is 13.2 Å². The summed E-state index contributed by atoms with van der Waals surface area (Å²) in [7, 11) is 1.93. The van der Waals surface area contributed by atoms with Crippen molar-refractivity contribution in [1.82, 2.24) is 24.6 Å². The Kier molecular flexibility index (Phi) is 4.77. The summed E-state index contributed by atoms with van der Waals surface area (Å²) in [4.78, 5) is 16.7. The SMILES string of the molecule is Cn1cnnc1CN1CCOC(C(=O)N2CCSCC2)C1. The number of aryl methyl sites for hydroxylation is 1. The van der Waals surface area contributed by atoms with E-state index in [0.29, 0.717) is 19.7 Å². The van der Waals surface area contributed by atoms with Crippen molar-refractivity contribution >= 4 is 17.7 Å². The first kappa shape index (κ1) is 14.8. The van der Waals surface area contributed by atoms with Crippen molar-refractivity contribution in [2.45, 2.75) is 12.6 Å². The Labute approximate surface area is 128 Å². The van der Waals surface area contributed by atoms with Crippen LogP contribution in [0.2, 0.25) is 0 Å². The molecule has 2 fully saturated rings. The zero-order chi connectivity index (χ0) is 14.7. The molecule has 0 radical (unpaired) electrons. The Morgan fingerprint density at radius 3 is 2.95 bits per heavy atom. The van der Waals surface area contributed by atoms with E-state index in [2.05, 4.69) is 15.1 Å². The molecule has 1 atom stereocenters. The van der Waals surface area contributed by atoms with E-state index in [9.17, 15) is 4.79 Å². The lowest BCUT2D eigenvalue weighted by molar-refractivity contribution is -0.149. The third-order valence-corrected chi connectivity index (χ3v) is 4.86. The molecule has 21 heavy (non-hydrogen) atoms. The maximum atomic E-state index is 12.5. The largest absolute Gasteiger partial charge is 0.366 e. The van der Waals surface area contributed by atoms with Gasteiger partial charge in [-0.05, 0) is 0 Å². The van der Waals surface area contributed by atoms with Crippen LogP contribution in [0, 0.1) is 0 Å². The number of amides is 1. The third-order valence-electron chi connectivity index (χ3n) is 3.92. The Morgan fingerprint density at radius 2 is 2.24 bits per heavy atom. The number of hydrogen-bond donors (Lipinski definition) is 0. The number of thioether (sulfide) groups is 1. The second-order valence-electron chi connectivity index (χ2n) is 5.39. The number of hydrogen-bond acceptors (Lipinski definition) is 6. The second kappa shape index (κ2) is 6.76. The molecule has 2 aliphatic heterocycles. The second-order valence-corrected chi connectivity index (χ2v) is 6.62. The fourth-order valence-corrected chi connectivity index (χ4v) is 3.54. The number of carbonyl (C=O) groups excluding carboxylic acids is 1. The fraction of sp³-hybridized carbons (Fsp3) is 0.769. The summed E-state index contributed by atoms with van der Waals surface area (Å²) in [6.07, 6.45) is 1.36. The van der Waals surface area contributed by atoms with Crippen LogP contribution in [-0.2, 0) is 23.1 Å². The lowest BCUT2D eigenvalue weighted by atomic mass is 10.2. The van der Waals surface area contributed by atoms with Crippen LogP contribution < -0.4 is 0 Å². The molecule has 116 valence electrons. The van der Waals surface area contributed by atoms with Crippen molar-refractivity contribution in [3.8, 4) is 0 Å². The molecule has 0 bridgehead atoms. The Morgan fingerprint density at radius 1 is 1.43 bits per heavy atom. The van der Waals surface area contributed by atoms with Crippen LogP contribution in [0.3, 0.4) is 0 Å². The van der Waals surface area contributed by atoms with Gasteiger partial charge in [0.2, 0.25) is 0 Å². The predicted molar refractivity (Wildman–Crippen MR) is 79.9 cm³/mol. The highest BCUT2D eigenvalue weighted by Crippen LogP contribution is 2.15. The first-order chi connectivity index (χ1) is 10.2. The number of aromatic nitrogens is 3. The van der Waals surface area contributed by atoms with E-state index >= 15 is 0 Å². The van der Waals surface area contributed by atoms with E-state index in [-0.39, 0.29) is 12.0 Å². The van der Waals surface area contributed by atoms with Crippen LogP contribution in [-0.4, -0.2) is 80.9 Å². The summed E-state index contributed by atoms with van der Waals surface area (Å²) in [6, 6.07) is 0. The highest BCUT2D eigenvalue weighted by Gasteiger charge is 2.31. The summed E-state index contributed by atoms with van der Waals surface area (Å²) in [5, 5.41) is 7.99. The monoisotopic (exact) mass is 311 g/mol. The molecule has 0 saturated carbocycles. The van der Waals surface area contributed by atoms with Crippen molar-refractivity contribution in [3.63, 3.8) is 0 Å². The first-order valence-electron chi connectivity index (χ1n) is 7.27. The average Bonchev–Trinajstić information content (AvgIpc) is 2.93. The fourth-order valence-electron chi connectivity index (χ4n) is 2.63. The van der Waals surface area contributed by atoms with Gasteiger partial charge in [-0.25, -0.2) is 0 Å². The zero-order valence-corrected chi connectivity index (χ0v) is 13.1. The molecule has 3 heterocycles. The molecule has 1 amide bonds. The van der Waals surface area contributed by atoms with E-state index in [1.165, 1.54) is 0 Å². The molecule has 2 aliphatic rings. The minimum absolute atomic E-state index is 0.137. The van der Waals surface area contributed by atoms with Gasteiger partial charge in [0.25, 0.3) is 5.91 Å². The quantitative estimate of drug-likeness (QED) is 0.756. The van der Waals surface area contributed by atoms with Crippen LogP contribution in [0.15, 0.2) is 6.33 Å². The average molecular weight is 311 g/mol. The molecular formula is C13H21N5O2S. The van der Waals surface area contributed by atoms with Crippen LogP contribution in [0.4, 0.5) is 0 Å². The minimum atomic E-state index is -0.338. The lowest BCUT2D eigenvalue weighted by Gasteiger charge is -2.35. The Bertz CT molecular complexity index is 489. The van der Waals surface area contributed by atoms with Crippen LogP contribution in [0.1, 0.15) is 5.82 Å². The van der Waals surface area contributed by atoms with Gasteiger partial charge in [0.15, 0.2) is 0 Å². The summed E-state index contributed by atoms with van der Waals surface area (Å²) >= 11 is 1.90. The van der Waals surface area contributed by atoms with Crippen LogP contribution in [0.25, 0.3) is 0 Å². The molecule has 1 aromatic rings. The molecule has 0 N–H and O–H groups in total. The van der Waals surface area contributed by atoms with Crippen molar-refractivity contribution in [1.29, 1.82) is 0 Å². The van der Waals surface area contributed by atoms with Gasteiger partial charge < -0.3 is 14.2 Å². The van der Waals surface area contributed by atoms with Crippen molar-refractivity contribution < 1.29 is 9.53 Å². The molecule has 1 aromatic heterocycles. The van der Waals surface area contributed by atoms with E-state index in [1.807, 2.05) is 28.3 Å². The topological polar surface area (TPSA) is 63.5 Å². The summed E-state index contributed by atoms with van der Waals surface area (Å²) in [5.74, 6) is 3.11. The molecule has 3 rings (SSSR count). The Hall–Kier alpha value is -1.12. The Balaban J connectivity index is 1.57.